The molecule has 23 heavy (non-hydrogen) atoms. The van der Waals surface area contributed by atoms with Crippen molar-refractivity contribution in [2.75, 3.05) is 6.61 Å². The minimum absolute atomic E-state index is 0.0617. The largest absolute Gasteiger partial charge is 0.394 e. The third-order valence-electron chi connectivity index (χ3n) is 3.84. The highest BCUT2D eigenvalue weighted by Gasteiger charge is 2.23. The van der Waals surface area contributed by atoms with Gasteiger partial charge >= 0.3 is 0 Å². The van der Waals surface area contributed by atoms with Crippen molar-refractivity contribution in [2.24, 2.45) is 5.92 Å². The zero-order valence-electron chi connectivity index (χ0n) is 15.4. The van der Waals surface area contributed by atoms with Crippen LogP contribution in [0.5, 0.6) is 0 Å². The number of aliphatic hydroxyl groups excluding tert-OH is 1. The van der Waals surface area contributed by atoms with Gasteiger partial charge in [0.25, 0.3) is 0 Å². The Morgan fingerprint density at radius 2 is 1.65 bits per heavy atom. The third kappa shape index (κ3) is 11.1. The predicted molar refractivity (Wildman–Crippen MR) is 94.1 cm³/mol. The molecular weight excluding hydrogens is 292 g/mol. The fourth-order valence-electron chi connectivity index (χ4n) is 2.47. The topological polar surface area (TPSA) is 78.4 Å². The average molecular weight is 328 g/mol. The van der Waals surface area contributed by atoms with Gasteiger partial charge in [-0.3, -0.25) is 9.59 Å². The lowest BCUT2D eigenvalue weighted by Crippen LogP contribution is -2.51. The molecule has 0 aliphatic heterocycles. The van der Waals surface area contributed by atoms with Crippen LogP contribution >= 0.6 is 0 Å². The van der Waals surface area contributed by atoms with E-state index in [-0.39, 0.29) is 24.5 Å². The van der Waals surface area contributed by atoms with Gasteiger partial charge in [0.2, 0.25) is 11.8 Å². The van der Waals surface area contributed by atoms with Crippen molar-refractivity contribution in [1.29, 1.82) is 0 Å². The van der Waals surface area contributed by atoms with E-state index >= 15 is 0 Å². The van der Waals surface area contributed by atoms with Gasteiger partial charge in [0.15, 0.2) is 0 Å². The quantitative estimate of drug-likeness (QED) is 0.455. The number of aliphatic hydroxyl groups is 1. The van der Waals surface area contributed by atoms with Crippen molar-refractivity contribution in [2.45, 2.75) is 91.1 Å². The highest BCUT2D eigenvalue weighted by Crippen LogP contribution is 2.08. The molecule has 0 saturated heterocycles. The molecule has 0 fully saturated rings. The van der Waals surface area contributed by atoms with E-state index < -0.39 is 6.04 Å². The van der Waals surface area contributed by atoms with Gasteiger partial charge in [0, 0.05) is 6.42 Å². The van der Waals surface area contributed by atoms with E-state index in [0.29, 0.717) is 18.8 Å². The fourth-order valence-corrected chi connectivity index (χ4v) is 2.47. The highest BCUT2D eigenvalue weighted by molar-refractivity contribution is 5.87. The van der Waals surface area contributed by atoms with Crippen molar-refractivity contribution in [3.63, 3.8) is 0 Å². The Balaban J connectivity index is 4.55. The summed E-state index contributed by atoms with van der Waals surface area (Å²) in [6, 6.07) is -0.742. The van der Waals surface area contributed by atoms with Crippen LogP contribution in [-0.2, 0) is 9.59 Å². The van der Waals surface area contributed by atoms with Crippen LogP contribution in [0.3, 0.4) is 0 Å². The Labute approximate surface area is 141 Å². The van der Waals surface area contributed by atoms with Crippen molar-refractivity contribution < 1.29 is 14.7 Å². The van der Waals surface area contributed by atoms with Gasteiger partial charge in [0.1, 0.15) is 6.04 Å². The Bertz CT molecular complexity index is 332. The second-order valence-electron chi connectivity index (χ2n) is 6.74. The van der Waals surface area contributed by atoms with Crippen LogP contribution < -0.4 is 10.6 Å². The minimum atomic E-state index is -0.514. The van der Waals surface area contributed by atoms with Crippen molar-refractivity contribution >= 4 is 11.8 Å². The van der Waals surface area contributed by atoms with E-state index in [2.05, 4.69) is 24.5 Å². The number of rotatable bonds is 13. The average Bonchev–Trinajstić information content (AvgIpc) is 2.50. The van der Waals surface area contributed by atoms with Crippen molar-refractivity contribution in [3.8, 4) is 0 Å². The van der Waals surface area contributed by atoms with Gasteiger partial charge in [-0.05, 0) is 25.2 Å². The maximum atomic E-state index is 12.4. The number of hydrogen-bond donors (Lipinski definition) is 3. The molecule has 0 rings (SSSR count). The molecule has 0 saturated carbocycles. The van der Waals surface area contributed by atoms with Gasteiger partial charge in [-0.25, -0.2) is 0 Å². The zero-order chi connectivity index (χ0) is 17.7. The molecule has 0 aromatic rings. The fraction of sp³-hybridized carbons (Fsp3) is 0.889. The molecule has 0 unspecified atom stereocenters. The molecular formula is C18H36N2O3. The van der Waals surface area contributed by atoms with Crippen LogP contribution in [0, 0.1) is 5.92 Å². The van der Waals surface area contributed by atoms with Crippen LogP contribution in [0.2, 0.25) is 0 Å². The molecule has 0 aliphatic rings. The van der Waals surface area contributed by atoms with Crippen LogP contribution in [0.4, 0.5) is 0 Å². The second kappa shape index (κ2) is 13.3. The number of hydrogen-bond acceptors (Lipinski definition) is 3. The summed E-state index contributed by atoms with van der Waals surface area (Å²) in [5.41, 5.74) is 0. The summed E-state index contributed by atoms with van der Waals surface area (Å²) in [6.07, 6.45) is 6.77. The number of unbranched alkanes of at least 4 members (excludes halogenated alkanes) is 3. The van der Waals surface area contributed by atoms with Crippen LogP contribution in [-0.4, -0.2) is 35.6 Å². The van der Waals surface area contributed by atoms with Gasteiger partial charge < -0.3 is 15.7 Å². The van der Waals surface area contributed by atoms with Crippen LogP contribution in [0.15, 0.2) is 0 Å². The lowest BCUT2D eigenvalue weighted by Gasteiger charge is -2.23. The maximum Gasteiger partial charge on any atom is 0.242 e. The standard InChI is InChI=1S/C18H36N2O3/c1-5-7-9-11-17(22)20-16(12-14(3)4)18(23)19-15(13-21)10-8-6-2/h14-16,21H,5-13H2,1-4H3,(H,19,23)(H,20,22)/t15-,16-/m0/s1. The molecule has 0 aromatic heterocycles. The first-order chi connectivity index (χ1) is 10.9. The van der Waals surface area contributed by atoms with E-state index in [1.165, 1.54) is 0 Å². The summed E-state index contributed by atoms with van der Waals surface area (Å²) in [7, 11) is 0. The number of nitrogens with one attached hydrogen (secondary N) is 2. The zero-order valence-corrected chi connectivity index (χ0v) is 15.4. The molecule has 2 atom stereocenters. The van der Waals surface area contributed by atoms with Gasteiger partial charge in [0.05, 0.1) is 12.6 Å². The molecule has 0 spiro atoms. The summed E-state index contributed by atoms with van der Waals surface area (Å²) < 4.78 is 0. The summed E-state index contributed by atoms with van der Waals surface area (Å²) in [5, 5.41) is 15.1. The van der Waals surface area contributed by atoms with Crippen molar-refractivity contribution in [1.82, 2.24) is 10.6 Å². The second-order valence-corrected chi connectivity index (χ2v) is 6.74. The summed E-state index contributed by atoms with van der Waals surface area (Å²) >= 11 is 0. The Kier molecular flexibility index (Phi) is 12.7. The Hall–Kier alpha value is -1.10. The lowest BCUT2D eigenvalue weighted by molar-refractivity contribution is -0.130. The Morgan fingerprint density at radius 3 is 2.17 bits per heavy atom. The monoisotopic (exact) mass is 328 g/mol. The maximum absolute atomic E-state index is 12.4. The highest BCUT2D eigenvalue weighted by atomic mass is 16.3. The van der Waals surface area contributed by atoms with E-state index in [0.717, 1.165) is 38.5 Å². The molecule has 0 aromatic carbocycles. The summed E-state index contributed by atoms with van der Waals surface area (Å²) in [6.45, 7) is 8.17. The lowest BCUT2D eigenvalue weighted by atomic mass is 10.0. The number of carbonyl (C=O) groups excluding carboxylic acids is 2. The summed E-state index contributed by atoms with van der Waals surface area (Å²) in [4.78, 5) is 24.4. The summed E-state index contributed by atoms with van der Waals surface area (Å²) in [5.74, 6) is 0.0657. The minimum Gasteiger partial charge on any atom is -0.394 e. The molecule has 3 N–H and O–H groups in total. The first-order valence-corrected chi connectivity index (χ1v) is 9.15. The van der Waals surface area contributed by atoms with Crippen LogP contribution in [0.1, 0.15) is 79.1 Å². The van der Waals surface area contributed by atoms with Gasteiger partial charge in [-0.2, -0.15) is 0 Å². The van der Waals surface area contributed by atoms with Crippen LogP contribution in [0.25, 0.3) is 0 Å². The predicted octanol–water partition coefficient (Wildman–Crippen LogP) is 2.76. The third-order valence-corrected chi connectivity index (χ3v) is 3.84. The molecule has 5 nitrogen and oxygen atoms in total. The van der Waals surface area contributed by atoms with E-state index in [1.54, 1.807) is 0 Å². The normalized spacial score (nSPS) is 13.7. The van der Waals surface area contributed by atoms with E-state index in [4.69, 9.17) is 0 Å². The van der Waals surface area contributed by atoms with E-state index in [1.807, 2.05) is 13.8 Å². The SMILES string of the molecule is CCCCCC(=O)N[C@@H](CC(C)C)C(=O)N[C@H](CO)CCCC. The molecule has 0 radical (unpaired) electrons. The molecule has 2 amide bonds. The molecule has 136 valence electrons. The Morgan fingerprint density at radius 1 is 1.00 bits per heavy atom. The first-order valence-electron chi connectivity index (χ1n) is 9.15. The molecule has 0 aliphatic carbocycles. The smallest absolute Gasteiger partial charge is 0.242 e. The molecule has 0 bridgehead atoms. The van der Waals surface area contributed by atoms with Gasteiger partial charge in [-0.15, -0.1) is 0 Å². The molecule has 5 heteroatoms. The van der Waals surface area contributed by atoms with Gasteiger partial charge in [-0.1, -0.05) is 53.4 Å². The molecule has 0 heterocycles. The van der Waals surface area contributed by atoms with Crippen molar-refractivity contribution in [3.05, 3.63) is 0 Å². The van der Waals surface area contributed by atoms with E-state index in [9.17, 15) is 14.7 Å². The first kappa shape index (κ1) is 21.9. The number of carbonyl (C=O) groups is 2. The number of amides is 2.